The summed E-state index contributed by atoms with van der Waals surface area (Å²) in [5.41, 5.74) is 1.50. The molecule has 0 bridgehead atoms. The molecule has 98 valence electrons. The van der Waals surface area contributed by atoms with Gasteiger partial charge >= 0.3 is 0 Å². The average Bonchev–Trinajstić information content (AvgIpc) is 2.95. The predicted molar refractivity (Wildman–Crippen MR) is 68.5 cm³/mol. The van der Waals surface area contributed by atoms with Gasteiger partial charge in [0.15, 0.2) is 0 Å². The summed E-state index contributed by atoms with van der Waals surface area (Å²) in [4.78, 5) is 26.6. The normalized spacial score (nSPS) is 9.95. The molecular formula is C12H13N5O2. The number of aromatic amines is 1. The van der Waals surface area contributed by atoms with Crippen molar-refractivity contribution in [1.82, 2.24) is 20.5 Å². The molecule has 0 fully saturated rings. The van der Waals surface area contributed by atoms with Crippen molar-refractivity contribution in [1.29, 1.82) is 0 Å². The van der Waals surface area contributed by atoms with Crippen LogP contribution in [0.3, 0.4) is 0 Å². The molecule has 0 radical (unpaired) electrons. The fourth-order valence-corrected chi connectivity index (χ4v) is 1.48. The van der Waals surface area contributed by atoms with Crippen LogP contribution in [0.2, 0.25) is 0 Å². The third kappa shape index (κ3) is 3.38. The Balaban J connectivity index is 1.99. The maximum atomic E-state index is 11.7. The topological polar surface area (TPSA) is 99.8 Å². The monoisotopic (exact) mass is 259 g/mol. The standard InChI is InChI=1S/C12H13N5O2/c1-13-10(18)6-8-2-4-9(5-3-8)16-12(19)11-14-7-15-17-11/h2-5,7H,6H2,1H3,(H,13,18)(H,16,19)(H,14,15,17). The van der Waals surface area contributed by atoms with E-state index in [-0.39, 0.29) is 17.6 Å². The molecule has 0 aliphatic heterocycles. The zero-order chi connectivity index (χ0) is 13.7. The summed E-state index contributed by atoms with van der Waals surface area (Å²) < 4.78 is 0. The minimum atomic E-state index is -0.364. The summed E-state index contributed by atoms with van der Waals surface area (Å²) in [6.45, 7) is 0. The first kappa shape index (κ1) is 12.7. The van der Waals surface area contributed by atoms with Crippen LogP contribution in [0.4, 0.5) is 5.69 Å². The van der Waals surface area contributed by atoms with Gasteiger partial charge in [-0.25, -0.2) is 4.98 Å². The van der Waals surface area contributed by atoms with Crippen molar-refractivity contribution in [3.05, 3.63) is 42.0 Å². The van der Waals surface area contributed by atoms with E-state index in [1.165, 1.54) is 6.33 Å². The summed E-state index contributed by atoms with van der Waals surface area (Å²) in [6.07, 6.45) is 1.58. The Morgan fingerprint density at radius 1 is 1.26 bits per heavy atom. The van der Waals surface area contributed by atoms with Crippen molar-refractivity contribution in [3.63, 3.8) is 0 Å². The van der Waals surface area contributed by atoms with Crippen molar-refractivity contribution >= 4 is 17.5 Å². The molecule has 1 heterocycles. The molecule has 0 saturated heterocycles. The van der Waals surface area contributed by atoms with Gasteiger partial charge in [0.05, 0.1) is 6.42 Å². The molecule has 19 heavy (non-hydrogen) atoms. The molecule has 0 unspecified atom stereocenters. The van der Waals surface area contributed by atoms with Gasteiger partial charge in [-0.1, -0.05) is 12.1 Å². The molecule has 7 nitrogen and oxygen atoms in total. The number of benzene rings is 1. The highest BCUT2D eigenvalue weighted by Crippen LogP contribution is 2.10. The highest BCUT2D eigenvalue weighted by atomic mass is 16.2. The van der Waals surface area contributed by atoms with Crippen molar-refractivity contribution in [3.8, 4) is 0 Å². The SMILES string of the molecule is CNC(=O)Cc1ccc(NC(=O)c2ncn[nH]2)cc1. The molecular weight excluding hydrogens is 246 g/mol. The number of hydrogen-bond acceptors (Lipinski definition) is 4. The summed E-state index contributed by atoms with van der Waals surface area (Å²) in [5, 5.41) is 11.3. The van der Waals surface area contributed by atoms with Crippen LogP contribution in [0, 0.1) is 0 Å². The lowest BCUT2D eigenvalue weighted by atomic mass is 10.1. The number of carbonyl (C=O) groups excluding carboxylic acids is 2. The van der Waals surface area contributed by atoms with Crippen LogP contribution in [-0.2, 0) is 11.2 Å². The molecule has 0 aliphatic carbocycles. The minimum absolute atomic E-state index is 0.0570. The number of anilines is 1. The second-order valence-corrected chi connectivity index (χ2v) is 3.84. The first-order valence-electron chi connectivity index (χ1n) is 5.65. The molecule has 7 heteroatoms. The molecule has 0 spiro atoms. The molecule has 2 rings (SSSR count). The van der Waals surface area contributed by atoms with E-state index in [1.54, 1.807) is 31.3 Å². The van der Waals surface area contributed by atoms with E-state index in [0.29, 0.717) is 12.1 Å². The number of likely N-dealkylation sites (N-methyl/N-ethyl adjacent to an activating group) is 1. The summed E-state index contributed by atoms with van der Waals surface area (Å²) in [6, 6.07) is 7.02. The van der Waals surface area contributed by atoms with Crippen LogP contribution in [0.5, 0.6) is 0 Å². The van der Waals surface area contributed by atoms with Crippen LogP contribution in [0.25, 0.3) is 0 Å². The third-order valence-electron chi connectivity index (χ3n) is 2.49. The summed E-state index contributed by atoms with van der Waals surface area (Å²) in [5.74, 6) is -0.274. The first-order valence-corrected chi connectivity index (χ1v) is 5.65. The van der Waals surface area contributed by atoms with E-state index >= 15 is 0 Å². The van der Waals surface area contributed by atoms with Crippen LogP contribution >= 0.6 is 0 Å². The lowest BCUT2D eigenvalue weighted by Crippen LogP contribution is -2.19. The number of nitrogens with zero attached hydrogens (tertiary/aromatic N) is 2. The number of carbonyl (C=O) groups is 2. The van der Waals surface area contributed by atoms with Gasteiger partial charge < -0.3 is 10.6 Å². The van der Waals surface area contributed by atoms with Gasteiger partial charge in [0.1, 0.15) is 6.33 Å². The van der Waals surface area contributed by atoms with E-state index < -0.39 is 0 Å². The lowest BCUT2D eigenvalue weighted by molar-refractivity contribution is -0.119. The Bertz CT molecular complexity index is 562. The molecule has 0 atom stereocenters. The molecule has 0 aliphatic rings. The molecule has 3 N–H and O–H groups in total. The third-order valence-corrected chi connectivity index (χ3v) is 2.49. The molecule has 1 aromatic carbocycles. The zero-order valence-electron chi connectivity index (χ0n) is 10.3. The number of amides is 2. The predicted octanol–water partition coefficient (Wildman–Crippen LogP) is 0.345. The Kier molecular flexibility index (Phi) is 3.87. The van der Waals surface area contributed by atoms with Gasteiger partial charge in [0.2, 0.25) is 11.7 Å². The Morgan fingerprint density at radius 2 is 2.00 bits per heavy atom. The van der Waals surface area contributed by atoms with Gasteiger partial charge in [0, 0.05) is 12.7 Å². The Morgan fingerprint density at radius 3 is 2.58 bits per heavy atom. The maximum absolute atomic E-state index is 11.7. The molecule has 2 amide bonds. The van der Waals surface area contributed by atoms with Crippen LogP contribution in [0.15, 0.2) is 30.6 Å². The van der Waals surface area contributed by atoms with Gasteiger partial charge in [-0.3, -0.25) is 14.7 Å². The van der Waals surface area contributed by atoms with Crippen LogP contribution < -0.4 is 10.6 Å². The van der Waals surface area contributed by atoms with Gasteiger partial charge in [-0.15, -0.1) is 0 Å². The number of nitrogens with one attached hydrogen (secondary N) is 3. The number of aromatic nitrogens is 3. The van der Waals surface area contributed by atoms with E-state index in [9.17, 15) is 9.59 Å². The summed E-state index contributed by atoms with van der Waals surface area (Å²) in [7, 11) is 1.59. The Hall–Kier alpha value is -2.70. The maximum Gasteiger partial charge on any atom is 0.292 e. The molecule has 1 aromatic heterocycles. The molecule has 2 aromatic rings. The Labute approximate surface area is 109 Å². The molecule has 0 saturated carbocycles. The van der Waals surface area contributed by atoms with Crippen molar-refractivity contribution in [2.75, 3.05) is 12.4 Å². The fraction of sp³-hybridized carbons (Fsp3) is 0.167. The van der Waals surface area contributed by atoms with Gasteiger partial charge in [-0.2, -0.15) is 5.10 Å². The van der Waals surface area contributed by atoms with Gasteiger partial charge in [0.25, 0.3) is 5.91 Å². The van der Waals surface area contributed by atoms with Crippen molar-refractivity contribution in [2.45, 2.75) is 6.42 Å². The van der Waals surface area contributed by atoms with E-state index in [2.05, 4.69) is 25.8 Å². The smallest absolute Gasteiger partial charge is 0.292 e. The van der Waals surface area contributed by atoms with E-state index in [1.807, 2.05) is 0 Å². The number of H-pyrrole nitrogens is 1. The van der Waals surface area contributed by atoms with E-state index in [0.717, 1.165) is 5.56 Å². The second-order valence-electron chi connectivity index (χ2n) is 3.84. The zero-order valence-corrected chi connectivity index (χ0v) is 10.3. The average molecular weight is 259 g/mol. The fourth-order valence-electron chi connectivity index (χ4n) is 1.48. The quantitative estimate of drug-likeness (QED) is 0.737. The van der Waals surface area contributed by atoms with Crippen LogP contribution in [0.1, 0.15) is 16.2 Å². The second kappa shape index (κ2) is 5.76. The van der Waals surface area contributed by atoms with Crippen molar-refractivity contribution in [2.24, 2.45) is 0 Å². The summed E-state index contributed by atoms with van der Waals surface area (Å²) >= 11 is 0. The first-order chi connectivity index (χ1) is 9.19. The number of rotatable bonds is 4. The van der Waals surface area contributed by atoms with E-state index in [4.69, 9.17) is 0 Å². The van der Waals surface area contributed by atoms with Gasteiger partial charge in [-0.05, 0) is 17.7 Å². The largest absolute Gasteiger partial charge is 0.359 e. The van der Waals surface area contributed by atoms with Crippen LogP contribution in [-0.4, -0.2) is 34.0 Å². The minimum Gasteiger partial charge on any atom is -0.359 e. The number of hydrogen-bond donors (Lipinski definition) is 3. The lowest BCUT2D eigenvalue weighted by Gasteiger charge is -2.04. The van der Waals surface area contributed by atoms with Crippen molar-refractivity contribution < 1.29 is 9.59 Å². The highest BCUT2D eigenvalue weighted by Gasteiger charge is 2.08. The highest BCUT2D eigenvalue weighted by molar-refractivity contribution is 6.01.